The maximum Gasteiger partial charge on any atom is 0.252 e. The lowest BCUT2D eigenvalue weighted by Crippen LogP contribution is -2.67. The number of anilines is 1. The fourth-order valence-electron chi connectivity index (χ4n) is 2.36. The Kier molecular flexibility index (Phi) is 3.81. The van der Waals surface area contributed by atoms with E-state index in [4.69, 9.17) is 4.74 Å². The zero-order valence-corrected chi connectivity index (χ0v) is 12.3. The standard InChI is InChI=1S/C15H20N2O3/c1-10-13(18)16-15(2,3)14(19)17(10)12-7-5-6-11(8-12)9-20-4/h5-8,10H,9H2,1-4H3,(H,16,18). The van der Waals surface area contributed by atoms with Crippen molar-refractivity contribution < 1.29 is 14.3 Å². The molecule has 0 saturated carbocycles. The molecule has 1 heterocycles. The van der Waals surface area contributed by atoms with Crippen molar-refractivity contribution >= 4 is 17.5 Å². The van der Waals surface area contributed by atoms with Gasteiger partial charge < -0.3 is 10.1 Å². The number of nitrogens with zero attached hydrogens (tertiary/aromatic N) is 1. The van der Waals surface area contributed by atoms with Crippen LogP contribution in [-0.4, -0.2) is 30.5 Å². The third kappa shape index (κ3) is 2.54. The van der Waals surface area contributed by atoms with Gasteiger partial charge in [0.15, 0.2) is 0 Å². The predicted octanol–water partition coefficient (Wildman–Crippen LogP) is 1.46. The Hall–Kier alpha value is -1.88. The molecule has 2 rings (SSSR count). The van der Waals surface area contributed by atoms with E-state index in [1.165, 1.54) is 0 Å². The second kappa shape index (κ2) is 5.25. The van der Waals surface area contributed by atoms with Crippen LogP contribution in [0.3, 0.4) is 0 Å². The Morgan fingerprint density at radius 3 is 2.70 bits per heavy atom. The molecular formula is C15H20N2O3. The number of carbonyl (C=O) groups is 2. The van der Waals surface area contributed by atoms with Gasteiger partial charge in [0.1, 0.15) is 11.6 Å². The number of hydrogen-bond donors (Lipinski definition) is 1. The third-order valence-electron chi connectivity index (χ3n) is 3.46. The van der Waals surface area contributed by atoms with E-state index in [1.54, 1.807) is 32.8 Å². The van der Waals surface area contributed by atoms with Crippen molar-refractivity contribution in [2.24, 2.45) is 0 Å². The smallest absolute Gasteiger partial charge is 0.252 e. The van der Waals surface area contributed by atoms with Gasteiger partial charge in [-0.3, -0.25) is 14.5 Å². The Balaban J connectivity index is 2.40. The molecule has 1 aromatic carbocycles. The second-order valence-corrected chi connectivity index (χ2v) is 5.57. The summed E-state index contributed by atoms with van der Waals surface area (Å²) in [5, 5.41) is 2.74. The van der Waals surface area contributed by atoms with Gasteiger partial charge in [-0.05, 0) is 38.5 Å². The highest BCUT2D eigenvalue weighted by Gasteiger charge is 2.44. The number of ether oxygens (including phenoxy) is 1. The van der Waals surface area contributed by atoms with Crippen molar-refractivity contribution in [3.05, 3.63) is 29.8 Å². The predicted molar refractivity (Wildman–Crippen MR) is 76.3 cm³/mol. The van der Waals surface area contributed by atoms with Gasteiger partial charge in [0.25, 0.3) is 5.91 Å². The van der Waals surface area contributed by atoms with Crippen LogP contribution in [0.1, 0.15) is 26.3 Å². The molecule has 5 nitrogen and oxygen atoms in total. The highest BCUT2D eigenvalue weighted by Crippen LogP contribution is 2.26. The summed E-state index contributed by atoms with van der Waals surface area (Å²) in [5.74, 6) is -0.258. The average molecular weight is 276 g/mol. The minimum absolute atomic E-state index is 0.112. The summed E-state index contributed by atoms with van der Waals surface area (Å²) in [6, 6.07) is 6.99. The van der Waals surface area contributed by atoms with Gasteiger partial charge in [0.2, 0.25) is 5.91 Å². The Bertz CT molecular complexity index is 540. The number of carbonyl (C=O) groups excluding carboxylic acids is 2. The Morgan fingerprint density at radius 1 is 1.35 bits per heavy atom. The van der Waals surface area contributed by atoms with Crippen molar-refractivity contribution in [2.45, 2.75) is 39.0 Å². The second-order valence-electron chi connectivity index (χ2n) is 5.57. The summed E-state index contributed by atoms with van der Waals surface area (Å²) in [7, 11) is 1.62. The van der Waals surface area contributed by atoms with E-state index < -0.39 is 11.6 Å². The molecular weight excluding hydrogens is 256 g/mol. The van der Waals surface area contributed by atoms with Crippen molar-refractivity contribution in [1.82, 2.24) is 5.32 Å². The molecule has 20 heavy (non-hydrogen) atoms. The summed E-state index contributed by atoms with van der Waals surface area (Å²) in [6.45, 7) is 5.63. The molecule has 0 aliphatic carbocycles. The van der Waals surface area contributed by atoms with Crippen LogP contribution >= 0.6 is 0 Å². The van der Waals surface area contributed by atoms with Crippen LogP contribution < -0.4 is 10.2 Å². The molecule has 1 aliphatic rings. The summed E-state index contributed by atoms with van der Waals surface area (Å²) >= 11 is 0. The van der Waals surface area contributed by atoms with Crippen molar-refractivity contribution in [3.8, 4) is 0 Å². The van der Waals surface area contributed by atoms with E-state index in [-0.39, 0.29) is 11.8 Å². The average Bonchev–Trinajstić information content (AvgIpc) is 2.37. The highest BCUT2D eigenvalue weighted by molar-refractivity contribution is 6.10. The zero-order valence-electron chi connectivity index (χ0n) is 12.3. The lowest BCUT2D eigenvalue weighted by molar-refractivity contribution is -0.136. The van der Waals surface area contributed by atoms with Gasteiger partial charge in [-0.15, -0.1) is 0 Å². The zero-order chi connectivity index (χ0) is 14.9. The van der Waals surface area contributed by atoms with E-state index in [2.05, 4.69) is 5.32 Å². The number of piperazine rings is 1. The van der Waals surface area contributed by atoms with Crippen LogP contribution in [0.2, 0.25) is 0 Å². The molecule has 108 valence electrons. The van der Waals surface area contributed by atoms with Crippen molar-refractivity contribution in [3.63, 3.8) is 0 Å². The van der Waals surface area contributed by atoms with E-state index in [9.17, 15) is 9.59 Å². The molecule has 5 heteroatoms. The Labute approximate surface area is 118 Å². The lowest BCUT2D eigenvalue weighted by Gasteiger charge is -2.41. The molecule has 1 atom stereocenters. The number of nitrogens with one attached hydrogen (secondary N) is 1. The van der Waals surface area contributed by atoms with Crippen LogP contribution in [0.25, 0.3) is 0 Å². The summed E-state index contributed by atoms with van der Waals surface area (Å²) in [4.78, 5) is 26.1. The van der Waals surface area contributed by atoms with Crippen LogP contribution in [0.15, 0.2) is 24.3 Å². The van der Waals surface area contributed by atoms with Crippen LogP contribution in [0, 0.1) is 0 Å². The van der Waals surface area contributed by atoms with Gasteiger partial charge in [-0.1, -0.05) is 12.1 Å². The largest absolute Gasteiger partial charge is 0.380 e. The fourth-order valence-corrected chi connectivity index (χ4v) is 2.36. The first-order valence-corrected chi connectivity index (χ1v) is 6.60. The minimum Gasteiger partial charge on any atom is -0.380 e. The number of rotatable bonds is 3. The van der Waals surface area contributed by atoms with Gasteiger partial charge in [0.05, 0.1) is 6.61 Å². The van der Waals surface area contributed by atoms with E-state index in [0.29, 0.717) is 6.61 Å². The monoisotopic (exact) mass is 276 g/mol. The van der Waals surface area contributed by atoms with Crippen LogP contribution in [0.5, 0.6) is 0 Å². The summed E-state index contributed by atoms with van der Waals surface area (Å²) in [5.41, 5.74) is 0.801. The minimum atomic E-state index is -0.888. The SMILES string of the molecule is COCc1cccc(N2C(=O)C(C)(C)NC(=O)C2C)c1. The van der Waals surface area contributed by atoms with Gasteiger partial charge >= 0.3 is 0 Å². The topological polar surface area (TPSA) is 58.6 Å². The summed E-state index contributed by atoms with van der Waals surface area (Å²) < 4.78 is 5.10. The molecule has 1 aromatic rings. The molecule has 1 fully saturated rings. The van der Waals surface area contributed by atoms with Crippen molar-refractivity contribution in [1.29, 1.82) is 0 Å². The van der Waals surface area contributed by atoms with Gasteiger partial charge in [-0.25, -0.2) is 0 Å². The molecule has 0 spiro atoms. The summed E-state index contributed by atoms with van der Waals surface area (Å²) in [6.07, 6.45) is 0. The number of benzene rings is 1. The molecule has 1 N–H and O–H groups in total. The molecule has 2 amide bonds. The number of amides is 2. The first-order chi connectivity index (χ1) is 9.36. The first-order valence-electron chi connectivity index (χ1n) is 6.60. The molecule has 0 aromatic heterocycles. The third-order valence-corrected chi connectivity index (χ3v) is 3.46. The molecule has 1 unspecified atom stereocenters. The fraction of sp³-hybridized carbons (Fsp3) is 0.467. The maximum atomic E-state index is 12.6. The number of methoxy groups -OCH3 is 1. The quantitative estimate of drug-likeness (QED) is 0.909. The van der Waals surface area contributed by atoms with Crippen LogP contribution in [-0.2, 0) is 20.9 Å². The van der Waals surface area contributed by atoms with Crippen LogP contribution in [0.4, 0.5) is 5.69 Å². The first kappa shape index (κ1) is 14.5. The van der Waals surface area contributed by atoms with E-state index in [1.807, 2.05) is 24.3 Å². The molecule has 1 saturated heterocycles. The Morgan fingerprint density at radius 2 is 2.05 bits per heavy atom. The molecule has 0 bridgehead atoms. The lowest BCUT2D eigenvalue weighted by atomic mass is 9.96. The normalized spacial score (nSPS) is 21.8. The number of hydrogen-bond acceptors (Lipinski definition) is 3. The molecule has 0 radical (unpaired) electrons. The maximum absolute atomic E-state index is 12.6. The highest BCUT2D eigenvalue weighted by atomic mass is 16.5. The van der Waals surface area contributed by atoms with E-state index in [0.717, 1.165) is 11.3 Å². The van der Waals surface area contributed by atoms with Gasteiger partial charge in [-0.2, -0.15) is 0 Å². The van der Waals surface area contributed by atoms with Crippen molar-refractivity contribution in [2.75, 3.05) is 12.0 Å². The van der Waals surface area contributed by atoms with E-state index >= 15 is 0 Å². The molecule has 1 aliphatic heterocycles. The van der Waals surface area contributed by atoms with Gasteiger partial charge in [0, 0.05) is 12.8 Å².